The summed E-state index contributed by atoms with van der Waals surface area (Å²) < 4.78 is 32.9. The predicted octanol–water partition coefficient (Wildman–Crippen LogP) is 2.27. The van der Waals surface area contributed by atoms with E-state index in [0.29, 0.717) is 18.9 Å². The highest BCUT2D eigenvalue weighted by Gasteiger charge is 2.22. The zero-order valence-electron chi connectivity index (χ0n) is 13.5. The number of hydrogen-bond acceptors (Lipinski definition) is 4. The Morgan fingerprint density at radius 2 is 1.86 bits per heavy atom. The van der Waals surface area contributed by atoms with Gasteiger partial charge in [-0.3, -0.25) is 0 Å². The number of hydrogen-bond donors (Lipinski definition) is 2. The Hall–Kier alpha value is -1.11. The highest BCUT2D eigenvalue weighted by atomic mass is 32.2. The third-order valence-corrected chi connectivity index (χ3v) is 4.40. The maximum atomic E-state index is 12.4. The van der Waals surface area contributed by atoms with Crippen molar-refractivity contribution in [3.8, 4) is 5.75 Å². The molecular formula is C15H26N2O3S. The fourth-order valence-electron chi connectivity index (χ4n) is 1.88. The monoisotopic (exact) mass is 314 g/mol. The molecule has 0 amide bonds. The molecule has 0 saturated carbocycles. The molecule has 0 atom stereocenters. The van der Waals surface area contributed by atoms with E-state index in [-0.39, 0.29) is 4.90 Å². The molecule has 0 radical (unpaired) electrons. The third kappa shape index (κ3) is 5.65. The lowest BCUT2D eigenvalue weighted by Gasteiger charge is -2.21. The van der Waals surface area contributed by atoms with Crippen molar-refractivity contribution >= 4 is 10.0 Å². The molecule has 1 rings (SSSR count). The average Bonchev–Trinajstić information content (AvgIpc) is 2.35. The van der Waals surface area contributed by atoms with Crippen LogP contribution in [0.3, 0.4) is 0 Å². The minimum atomic E-state index is -3.53. The standard InChI is InChI=1S/C15H26N2O3S/c1-6-16-11-12-10-13(8-9-14(12)20-7-2)21(18,19)17-15(3,4)5/h8-10,16-17H,6-7,11H2,1-5H3. The fourth-order valence-corrected chi connectivity index (χ4v) is 3.35. The van der Waals surface area contributed by atoms with Crippen molar-refractivity contribution in [1.29, 1.82) is 0 Å². The van der Waals surface area contributed by atoms with Crippen LogP contribution < -0.4 is 14.8 Å². The van der Waals surface area contributed by atoms with Gasteiger partial charge >= 0.3 is 0 Å². The van der Waals surface area contributed by atoms with Gasteiger partial charge in [-0.15, -0.1) is 0 Å². The molecule has 0 aliphatic rings. The molecule has 0 spiro atoms. The van der Waals surface area contributed by atoms with E-state index in [0.717, 1.165) is 12.1 Å². The zero-order chi connectivity index (χ0) is 16.1. The van der Waals surface area contributed by atoms with Crippen LogP contribution in [0.25, 0.3) is 0 Å². The molecular weight excluding hydrogens is 288 g/mol. The van der Waals surface area contributed by atoms with Crippen LogP contribution in [-0.2, 0) is 16.6 Å². The van der Waals surface area contributed by atoms with E-state index in [2.05, 4.69) is 10.0 Å². The second-order valence-corrected chi connectivity index (χ2v) is 7.52. The summed E-state index contributed by atoms with van der Waals surface area (Å²) in [6, 6.07) is 4.96. The highest BCUT2D eigenvalue weighted by Crippen LogP contribution is 2.23. The van der Waals surface area contributed by atoms with Crippen molar-refractivity contribution < 1.29 is 13.2 Å². The number of nitrogens with one attached hydrogen (secondary N) is 2. The van der Waals surface area contributed by atoms with Crippen LogP contribution in [0.5, 0.6) is 5.75 Å². The molecule has 21 heavy (non-hydrogen) atoms. The third-order valence-electron chi connectivity index (χ3n) is 2.65. The quantitative estimate of drug-likeness (QED) is 0.810. The largest absolute Gasteiger partial charge is 0.494 e. The lowest BCUT2D eigenvalue weighted by Crippen LogP contribution is -2.40. The van der Waals surface area contributed by atoms with Crippen molar-refractivity contribution in [2.75, 3.05) is 13.2 Å². The molecule has 0 aliphatic heterocycles. The first-order valence-corrected chi connectivity index (χ1v) is 8.68. The number of ether oxygens (including phenoxy) is 1. The lowest BCUT2D eigenvalue weighted by molar-refractivity contribution is 0.335. The van der Waals surface area contributed by atoms with Crippen LogP contribution in [0.15, 0.2) is 23.1 Å². The van der Waals surface area contributed by atoms with Crippen LogP contribution in [0.2, 0.25) is 0 Å². The summed E-state index contributed by atoms with van der Waals surface area (Å²) in [5, 5.41) is 3.20. The first kappa shape index (κ1) is 17.9. The number of benzene rings is 1. The molecule has 5 nitrogen and oxygen atoms in total. The van der Waals surface area contributed by atoms with Crippen molar-refractivity contribution in [2.45, 2.75) is 51.6 Å². The van der Waals surface area contributed by atoms with E-state index in [4.69, 9.17) is 4.74 Å². The maximum Gasteiger partial charge on any atom is 0.241 e. The van der Waals surface area contributed by atoms with Gasteiger partial charge in [-0.05, 0) is 52.4 Å². The SMILES string of the molecule is CCNCc1cc(S(=O)(=O)NC(C)(C)C)ccc1OCC. The average molecular weight is 314 g/mol. The molecule has 2 N–H and O–H groups in total. The van der Waals surface area contributed by atoms with Crippen LogP contribution in [0.4, 0.5) is 0 Å². The number of sulfonamides is 1. The van der Waals surface area contributed by atoms with E-state index in [1.807, 2.05) is 34.6 Å². The summed E-state index contributed by atoms with van der Waals surface area (Å²) in [5.74, 6) is 0.716. The normalized spacial score (nSPS) is 12.4. The Morgan fingerprint density at radius 3 is 2.38 bits per heavy atom. The predicted molar refractivity (Wildman–Crippen MR) is 85.1 cm³/mol. The molecule has 6 heteroatoms. The minimum absolute atomic E-state index is 0.258. The topological polar surface area (TPSA) is 67.4 Å². The summed E-state index contributed by atoms with van der Waals surface area (Å²) in [6.07, 6.45) is 0. The van der Waals surface area contributed by atoms with Gasteiger partial charge in [0.05, 0.1) is 11.5 Å². The molecule has 0 aromatic heterocycles. The summed E-state index contributed by atoms with van der Waals surface area (Å²) in [4.78, 5) is 0.258. The van der Waals surface area contributed by atoms with Crippen molar-refractivity contribution in [3.05, 3.63) is 23.8 Å². The molecule has 120 valence electrons. The minimum Gasteiger partial charge on any atom is -0.494 e. The molecule has 0 aliphatic carbocycles. The molecule has 0 bridgehead atoms. The summed E-state index contributed by atoms with van der Waals surface area (Å²) >= 11 is 0. The van der Waals surface area contributed by atoms with E-state index in [1.165, 1.54) is 0 Å². The van der Waals surface area contributed by atoms with Gasteiger partial charge < -0.3 is 10.1 Å². The van der Waals surface area contributed by atoms with Gasteiger partial charge in [0.2, 0.25) is 10.0 Å². The van der Waals surface area contributed by atoms with Gasteiger partial charge in [0.15, 0.2) is 0 Å². The van der Waals surface area contributed by atoms with Gasteiger partial charge in [0, 0.05) is 17.6 Å². The summed E-state index contributed by atoms with van der Waals surface area (Å²) in [6.45, 7) is 11.3. The zero-order valence-corrected chi connectivity index (χ0v) is 14.3. The van der Waals surface area contributed by atoms with Crippen molar-refractivity contribution in [1.82, 2.24) is 10.0 Å². The van der Waals surface area contributed by atoms with Crippen LogP contribution in [0, 0.1) is 0 Å². The van der Waals surface area contributed by atoms with E-state index < -0.39 is 15.6 Å². The molecule has 0 saturated heterocycles. The van der Waals surface area contributed by atoms with E-state index in [1.54, 1.807) is 18.2 Å². The first-order valence-electron chi connectivity index (χ1n) is 7.20. The van der Waals surface area contributed by atoms with Gasteiger partial charge in [-0.1, -0.05) is 6.92 Å². The second-order valence-electron chi connectivity index (χ2n) is 5.84. The summed E-state index contributed by atoms with van der Waals surface area (Å²) in [5.41, 5.74) is 0.328. The Kier molecular flexibility index (Phi) is 6.19. The van der Waals surface area contributed by atoms with Crippen LogP contribution in [0.1, 0.15) is 40.2 Å². The Morgan fingerprint density at radius 1 is 1.19 bits per heavy atom. The van der Waals surface area contributed by atoms with Crippen LogP contribution >= 0.6 is 0 Å². The smallest absolute Gasteiger partial charge is 0.241 e. The first-order chi connectivity index (χ1) is 9.69. The maximum absolute atomic E-state index is 12.4. The second kappa shape index (κ2) is 7.24. The van der Waals surface area contributed by atoms with E-state index in [9.17, 15) is 8.42 Å². The van der Waals surface area contributed by atoms with Gasteiger partial charge in [-0.25, -0.2) is 13.1 Å². The number of rotatable bonds is 7. The lowest BCUT2D eigenvalue weighted by atomic mass is 10.1. The molecule has 1 aromatic rings. The fraction of sp³-hybridized carbons (Fsp3) is 0.600. The molecule has 0 fully saturated rings. The molecule has 1 aromatic carbocycles. The molecule has 0 unspecified atom stereocenters. The highest BCUT2D eigenvalue weighted by molar-refractivity contribution is 7.89. The van der Waals surface area contributed by atoms with Crippen molar-refractivity contribution in [3.63, 3.8) is 0 Å². The van der Waals surface area contributed by atoms with Crippen LogP contribution in [-0.4, -0.2) is 27.1 Å². The Labute approximate surface area is 128 Å². The molecule has 0 heterocycles. The van der Waals surface area contributed by atoms with E-state index >= 15 is 0 Å². The summed E-state index contributed by atoms with van der Waals surface area (Å²) in [7, 11) is -3.53. The van der Waals surface area contributed by atoms with Gasteiger partial charge in [0.25, 0.3) is 0 Å². The Bertz CT molecular complexity index is 563. The Balaban J connectivity index is 3.14. The van der Waals surface area contributed by atoms with Gasteiger partial charge in [-0.2, -0.15) is 0 Å². The van der Waals surface area contributed by atoms with Crippen molar-refractivity contribution in [2.24, 2.45) is 0 Å². The van der Waals surface area contributed by atoms with Gasteiger partial charge in [0.1, 0.15) is 5.75 Å².